The Morgan fingerprint density at radius 3 is 2.78 bits per heavy atom. The second-order valence-corrected chi connectivity index (χ2v) is 5.82. The molecule has 0 aliphatic carbocycles. The Balaban J connectivity index is 2.35. The number of nitrogens with two attached hydrogens (primary N) is 1. The van der Waals surface area contributed by atoms with Gasteiger partial charge in [0.15, 0.2) is 0 Å². The first kappa shape index (κ1) is 12.8. The van der Waals surface area contributed by atoms with Crippen molar-refractivity contribution in [3.05, 3.63) is 23.8 Å². The quantitative estimate of drug-likeness (QED) is 0.633. The SMILES string of the molecule is COCCCN1C(=O)c2cc(N)ccc2S1(=O)=O. The number of methoxy groups -OCH3 is 1. The van der Waals surface area contributed by atoms with Crippen molar-refractivity contribution in [1.29, 1.82) is 0 Å². The lowest BCUT2D eigenvalue weighted by Gasteiger charge is -2.14. The van der Waals surface area contributed by atoms with E-state index < -0.39 is 15.9 Å². The highest BCUT2D eigenvalue weighted by Crippen LogP contribution is 2.31. The van der Waals surface area contributed by atoms with E-state index in [-0.39, 0.29) is 17.0 Å². The van der Waals surface area contributed by atoms with E-state index in [2.05, 4.69) is 0 Å². The first-order chi connectivity index (χ1) is 8.48. The number of fused-ring (bicyclic) bond motifs is 1. The van der Waals surface area contributed by atoms with Crippen molar-refractivity contribution < 1.29 is 17.9 Å². The first-order valence-electron chi connectivity index (χ1n) is 5.44. The normalized spacial score (nSPS) is 16.9. The van der Waals surface area contributed by atoms with Crippen LogP contribution in [-0.2, 0) is 14.8 Å². The van der Waals surface area contributed by atoms with Gasteiger partial charge in [0.1, 0.15) is 4.90 Å². The van der Waals surface area contributed by atoms with E-state index in [4.69, 9.17) is 10.5 Å². The topological polar surface area (TPSA) is 89.7 Å². The Labute approximate surface area is 105 Å². The molecule has 6 nitrogen and oxygen atoms in total. The van der Waals surface area contributed by atoms with Gasteiger partial charge in [-0.25, -0.2) is 12.7 Å². The van der Waals surface area contributed by atoms with Crippen LogP contribution in [0.5, 0.6) is 0 Å². The number of nitrogen functional groups attached to an aromatic ring is 1. The molecule has 0 atom stereocenters. The Hall–Kier alpha value is -1.60. The molecule has 1 aliphatic rings. The molecule has 0 spiro atoms. The summed E-state index contributed by atoms with van der Waals surface area (Å²) in [6, 6.07) is 4.24. The van der Waals surface area contributed by atoms with E-state index in [1.54, 1.807) is 0 Å². The fourth-order valence-corrected chi connectivity index (χ4v) is 3.46. The van der Waals surface area contributed by atoms with Gasteiger partial charge in [-0.05, 0) is 24.6 Å². The van der Waals surface area contributed by atoms with E-state index in [1.807, 2.05) is 0 Å². The zero-order valence-electron chi connectivity index (χ0n) is 9.92. The third-order valence-electron chi connectivity index (χ3n) is 2.74. The summed E-state index contributed by atoms with van der Waals surface area (Å²) in [6.45, 7) is 0.515. The number of carbonyl (C=O) groups excluding carboxylic acids is 1. The molecule has 1 aliphatic heterocycles. The van der Waals surface area contributed by atoms with Crippen molar-refractivity contribution in [1.82, 2.24) is 4.31 Å². The third kappa shape index (κ3) is 1.95. The lowest BCUT2D eigenvalue weighted by Crippen LogP contribution is -2.31. The maximum atomic E-state index is 12.1. The number of ether oxygens (including phenoxy) is 1. The van der Waals surface area contributed by atoms with Crippen LogP contribution in [0.15, 0.2) is 23.1 Å². The second kappa shape index (κ2) is 4.58. The van der Waals surface area contributed by atoms with Gasteiger partial charge in [-0.15, -0.1) is 0 Å². The van der Waals surface area contributed by atoms with E-state index in [1.165, 1.54) is 25.3 Å². The highest BCUT2D eigenvalue weighted by molar-refractivity contribution is 7.90. The van der Waals surface area contributed by atoms with Crippen LogP contribution in [0, 0.1) is 0 Å². The van der Waals surface area contributed by atoms with Crippen LogP contribution < -0.4 is 5.73 Å². The van der Waals surface area contributed by atoms with Crippen molar-refractivity contribution >= 4 is 21.6 Å². The van der Waals surface area contributed by atoms with Gasteiger partial charge in [0.05, 0.1) is 5.56 Å². The summed E-state index contributed by atoms with van der Waals surface area (Å²) in [4.78, 5) is 12.0. The summed E-state index contributed by atoms with van der Waals surface area (Å²) < 4.78 is 30.0. The number of hydrogen-bond donors (Lipinski definition) is 1. The highest BCUT2D eigenvalue weighted by Gasteiger charge is 2.40. The molecule has 0 saturated heterocycles. The number of amides is 1. The molecule has 18 heavy (non-hydrogen) atoms. The van der Waals surface area contributed by atoms with E-state index >= 15 is 0 Å². The number of hydrogen-bond acceptors (Lipinski definition) is 5. The molecule has 0 aromatic heterocycles. The van der Waals surface area contributed by atoms with Crippen molar-refractivity contribution in [2.24, 2.45) is 0 Å². The highest BCUT2D eigenvalue weighted by atomic mass is 32.2. The van der Waals surface area contributed by atoms with Gasteiger partial charge in [0, 0.05) is 25.9 Å². The number of benzene rings is 1. The van der Waals surface area contributed by atoms with Crippen LogP contribution in [0.4, 0.5) is 5.69 Å². The van der Waals surface area contributed by atoms with Gasteiger partial charge in [-0.1, -0.05) is 0 Å². The summed E-state index contributed by atoms with van der Waals surface area (Å²) in [6.07, 6.45) is 0.463. The molecule has 7 heteroatoms. The lowest BCUT2D eigenvalue weighted by molar-refractivity contribution is 0.0860. The van der Waals surface area contributed by atoms with E-state index in [0.717, 1.165) is 4.31 Å². The van der Waals surface area contributed by atoms with Gasteiger partial charge in [-0.3, -0.25) is 4.79 Å². The van der Waals surface area contributed by atoms with Crippen molar-refractivity contribution in [3.8, 4) is 0 Å². The van der Waals surface area contributed by atoms with Crippen LogP contribution in [0.3, 0.4) is 0 Å². The predicted octanol–water partition coefficient (Wildman–Crippen LogP) is 0.450. The number of carbonyl (C=O) groups is 1. The number of rotatable bonds is 4. The van der Waals surface area contributed by atoms with Gasteiger partial charge in [0.25, 0.3) is 15.9 Å². The van der Waals surface area contributed by atoms with Crippen molar-refractivity contribution in [2.75, 3.05) is 26.0 Å². The minimum atomic E-state index is -3.72. The van der Waals surface area contributed by atoms with Gasteiger partial charge in [0.2, 0.25) is 0 Å². The molecular formula is C11H14N2O4S. The molecule has 0 fully saturated rings. The van der Waals surface area contributed by atoms with Crippen LogP contribution in [0.25, 0.3) is 0 Å². The molecule has 1 heterocycles. The van der Waals surface area contributed by atoms with Crippen LogP contribution in [0.2, 0.25) is 0 Å². The average molecular weight is 270 g/mol. The standard InChI is InChI=1S/C11H14N2O4S/c1-17-6-2-5-13-11(14)9-7-8(12)3-4-10(9)18(13,15)16/h3-4,7H,2,5-6,12H2,1H3. The van der Waals surface area contributed by atoms with Crippen molar-refractivity contribution in [2.45, 2.75) is 11.3 Å². The summed E-state index contributed by atoms with van der Waals surface area (Å²) in [5.74, 6) is -0.520. The summed E-state index contributed by atoms with van der Waals surface area (Å²) in [5, 5.41) is 0. The molecule has 0 radical (unpaired) electrons. The minimum absolute atomic E-state index is 0.0270. The average Bonchev–Trinajstić information content (AvgIpc) is 2.50. The molecule has 0 bridgehead atoms. The Kier molecular flexibility index (Phi) is 3.27. The van der Waals surface area contributed by atoms with Crippen molar-refractivity contribution in [3.63, 3.8) is 0 Å². The molecule has 1 aromatic carbocycles. The van der Waals surface area contributed by atoms with E-state index in [0.29, 0.717) is 18.7 Å². The summed E-state index contributed by atoms with van der Waals surface area (Å²) >= 11 is 0. The molecule has 0 saturated carbocycles. The van der Waals surface area contributed by atoms with Crippen LogP contribution in [0.1, 0.15) is 16.8 Å². The predicted molar refractivity (Wildman–Crippen MR) is 65.6 cm³/mol. The number of sulfonamides is 1. The van der Waals surface area contributed by atoms with Gasteiger partial charge < -0.3 is 10.5 Å². The maximum absolute atomic E-state index is 12.1. The van der Waals surface area contributed by atoms with Crippen LogP contribution in [-0.4, -0.2) is 38.9 Å². The number of anilines is 1. The third-order valence-corrected chi connectivity index (χ3v) is 4.58. The Bertz CT molecular complexity index is 583. The fourth-order valence-electron chi connectivity index (χ4n) is 1.88. The molecule has 1 amide bonds. The first-order valence-corrected chi connectivity index (χ1v) is 6.88. The molecule has 0 unspecified atom stereocenters. The Morgan fingerprint density at radius 1 is 1.39 bits per heavy atom. The summed E-state index contributed by atoms with van der Waals surface area (Å²) in [5.41, 5.74) is 6.08. The lowest BCUT2D eigenvalue weighted by atomic mass is 10.2. The monoisotopic (exact) mass is 270 g/mol. The van der Waals surface area contributed by atoms with E-state index in [9.17, 15) is 13.2 Å². The fraction of sp³-hybridized carbons (Fsp3) is 0.364. The molecule has 2 rings (SSSR count). The zero-order valence-corrected chi connectivity index (χ0v) is 10.7. The second-order valence-electron chi connectivity index (χ2n) is 3.98. The Morgan fingerprint density at radius 2 is 2.11 bits per heavy atom. The van der Waals surface area contributed by atoms with Crippen LogP contribution >= 0.6 is 0 Å². The largest absolute Gasteiger partial charge is 0.399 e. The summed E-state index contributed by atoms with van der Waals surface area (Å²) in [7, 11) is -2.20. The smallest absolute Gasteiger partial charge is 0.269 e. The van der Waals surface area contributed by atoms with Gasteiger partial charge >= 0.3 is 0 Å². The maximum Gasteiger partial charge on any atom is 0.269 e. The van der Waals surface area contributed by atoms with Gasteiger partial charge in [-0.2, -0.15) is 0 Å². The zero-order chi connectivity index (χ0) is 13.3. The minimum Gasteiger partial charge on any atom is -0.399 e. The molecule has 98 valence electrons. The number of nitrogens with zero attached hydrogens (tertiary/aromatic N) is 1. The molecule has 2 N–H and O–H groups in total. The molecule has 1 aromatic rings. The molecular weight excluding hydrogens is 256 g/mol.